The molecule has 2 rings (SSSR count). The molecule has 0 saturated carbocycles. The van der Waals surface area contributed by atoms with Crippen molar-refractivity contribution in [2.45, 2.75) is 23.8 Å². The molecule has 19 heavy (non-hydrogen) atoms. The van der Waals surface area contributed by atoms with Crippen molar-refractivity contribution in [1.29, 1.82) is 5.26 Å². The van der Waals surface area contributed by atoms with Crippen LogP contribution in [0.15, 0.2) is 23.1 Å². The Labute approximate surface area is 117 Å². The summed E-state index contributed by atoms with van der Waals surface area (Å²) in [6.07, 6.45) is 1.49. The SMILES string of the molecule is N#Cc1ccc(Cl)c(S(=O)(=O)NC2CCNCC2)c1. The lowest BCUT2D eigenvalue weighted by Crippen LogP contribution is -2.42. The highest BCUT2D eigenvalue weighted by molar-refractivity contribution is 7.89. The summed E-state index contributed by atoms with van der Waals surface area (Å²) < 4.78 is 27.2. The van der Waals surface area contributed by atoms with Gasteiger partial charge in [0, 0.05) is 6.04 Å². The molecule has 1 aromatic rings. The van der Waals surface area contributed by atoms with Crippen molar-refractivity contribution in [1.82, 2.24) is 10.0 Å². The summed E-state index contributed by atoms with van der Waals surface area (Å²) in [6.45, 7) is 1.58. The molecule has 1 aromatic carbocycles. The van der Waals surface area contributed by atoms with Gasteiger partial charge in [-0.1, -0.05) is 11.6 Å². The maximum atomic E-state index is 12.3. The van der Waals surface area contributed by atoms with E-state index in [1.807, 2.05) is 6.07 Å². The maximum Gasteiger partial charge on any atom is 0.242 e. The van der Waals surface area contributed by atoms with Crippen LogP contribution in [0.25, 0.3) is 0 Å². The van der Waals surface area contributed by atoms with Crippen molar-refractivity contribution in [2.75, 3.05) is 13.1 Å². The molecule has 0 spiro atoms. The van der Waals surface area contributed by atoms with E-state index in [1.54, 1.807) is 0 Å². The summed E-state index contributed by atoms with van der Waals surface area (Å²) in [5.41, 5.74) is 0.273. The van der Waals surface area contributed by atoms with Crippen LogP contribution in [0, 0.1) is 11.3 Å². The van der Waals surface area contributed by atoms with Crippen molar-refractivity contribution in [2.24, 2.45) is 0 Å². The molecular formula is C12H14ClN3O2S. The van der Waals surface area contributed by atoms with E-state index in [-0.39, 0.29) is 21.5 Å². The lowest BCUT2D eigenvalue weighted by atomic mass is 10.1. The van der Waals surface area contributed by atoms with Crippen LogP contribution >= 0.6 is 11.6 Å². The fourth-order valence-electron chi connectivity index (χ4n) is 2.00. The Morgan fingerprint density at radius 2 is 2.05 bits per heavy atom. The molecule has 1 heterocycles. The molecule has 0 bridgehead atoms. The van der Waals surface area contributed by atoms with Crippen LogP contribution in [0.5, 0.6) is 0 Å². The Morgan fingerprint density at radius 1 is 1.37 bits per heavy atom. The number of rotatable bonds is 3. The number of nitrogens with zero attached hydrogens (tertiary/aromatic N) is 1. The minimum Gasteiger partial charge on any atom is -0.317 e. The lowest BCUT2D eigenvalue weighted by molar-refractivity contribution is 0.427. The first-order chi connectivity index (χ1) is 9.03. The van der Waals surface area contributed by atoms with Crippen molar-refractivity contribution >= 4 is 21.6 Å². The quantitative estimate of drug-likeness (QED) is 0.880. The van der Waals surface area contributed by atoms with Crippen molar-refractivity contribution in [3.8, 4) is 6.07 Å². The van der Waals surface area contributed by atoms with Gasteiger partial charge >= 0.3 is 0 Å². The van der Waals surface area contributed by atoms with E-state index in [4.69, 9.17) is 16.9 Å². The molecule has 0 amide bonds. The zero-order valence-corrected chi connectivity index (χ0v) is 11.8. The van der Waals surface area contributed by atoms with E-state index in [0.29, 0.717) is 0 Å². The van der Waals surface area contributed by atoms with Crippen LogP contribution in [0.4, 0.5) is 0 Å². The Kier molecular flexibility index (Phi) is 4.42. The van der Waals surface area contributed by atoms with Crippen LogP contribution in [0.1, 0.15) is 18.4 Å². The third-order valence-corrected chi connectivity index (χ3v) is 5.01. The number of sulfonamides is 1. The largest absolute Gasteiger partial charge is 0.317 e. The van der Waals surface area contributed by atoms with Gasteiger partial charge in [0.1, 0.15) is 4.90 Å². The highest BCUT2D eigenvalue weighted by Crippen LogP contribution is 2.23. The van der Waals surface area contributed by atoms with Gasteiger partial charge in [0.15, 0.2) is 0 Å². The zero-order chi connectivity index (χ0) is 13.9. The summed E-state index contributed by atoms with van der Waals surface area (Å²) in [5, 5.41) is 12.1. The first kappa shape index (κ1) is 14.3. The van der Waals surface area contributed by atoms with Crippen LogP contribution in [0.2, 0.25) is 5.02 Å². The van der Waals surface area contributed by atoms with Gasteiger partial charge < -0.3 is 5.32 Å². The average molecular weight is 300 g/mol. The van der Waals surface area contributed by atoms with Crippen LogP contribution < -0.4 is 10.0 Å². The summed E-state index contributed by atoms with van der Waals surface area (Å²) in [6, 6.07) is 6.04. The van der Waals surface area contributed by atoms with E-state index < -0.39 is 10.0 Å². The summed E-state index contributed by atoms with van der Waals surface area (Å²) in [5.74, 6) is 0. The molecule has 1 saturated heterocycles. The van der Waals surface area contributed by atoms with Gasteiger partial charge in [-0.15, -0.1) is 0 Å². The number of nitriles is 1. The van der Waals surface area contributed by atoms with Crippen molar-refractivity contribution in [3.05, 3.63) is 28.8 Å². The number of hydrogen-bond donors (Lipinski definition) is 2. The van der Waals surface area contributed by atoms with Gasteiger partial charge in [-0.3, -0.25) is 0 Å². The average Bonchev–Trinajstić information content (AvgIpc) is 2.39. The predicted octanol–water partition coefficient (Wildman–Crippen LogP) is 1.24. The Hall–Kier alpha value is -1.13. The molecule has 7 heteroatoms. The lowest BCUT2D eigenvalue weighted by Gasteiger charge is -2.23. The van der Waals surface area contributed by atoms with E-state index in [9.17, 15) is 8.42 Å². The topological polar surface area (TPSA) is 82.0 Å². The second kappa shape index (κ2) is 5.88. The van der Waals surface area contributed by atoms with Crippen LogP contribution in [-0.2, 0) is 10.0 Å². The van der Waals surface area contributed by atoms with E-state index in [1.165, 1.54) is 18.2 Å². The third-order valence-electron chi connectivity index (χ3n) is 3.01. The van der Waals surface area contributed by atoms with Gasteiger partial charge in [-0.2, -0.15) is 5.26 Å². The second-order valence-corrected chi connectivity index (χ2v) is 6.49. The Bertz CT molecular complexity index is 604. The molecule has 0 atom stereocenters. The summed E-state index contributed by atoms with van der Waals surface area (Å²) >= 11 is 5.91. The van der Waals surface area contributed by atoms with Gasteiger partial charge in [-0.25, -0.2) is 13.1 Å². The fraction of sp³-hybridized carbons (Fsp3) is 0.417. The number of halogens is 1. The molecule has 1 fully saturated rings. The molecule has 2 N–H and O–H groups in total. The molecule has 0 aromatic heterocycles. The van der Waals surface area contributed by atoms with Crippen LogP contribution in [0.3, 0.4) is 0 Å². The Balaban J connectivity index is 2.26. The number of nitrogens with one attached hydrogen (secondary N) is 2. The van der Waals surface area contributed by atoms with Gasteiger partial charge in [-0.05, 0) is 44.1 Å². The predicted molar refractivity (Wildman–Crippen MR) is 72.4 cm³/mol. The number of benzene rings is 1. The number of piperidine rings is 1. The molecule has 1 aliphatic rings. The zero-order valence-electron chi connectivity index (χ0n) is 10.2. The normalized spacial score (nSPS) is 17.1. The van der Waals surface area contributed by atoms with Crippen molar-refractivity contribution < 1.29 is 8.42 Å². The van der Waals surface area contributed by atoms with E-state index in [2.05, 4.69) is 10.0 Å². The van der Waals surface area contributed by atoms with Crippen molar-refractivity contribution in [3.63, 3.8) is 0 Å². The molecule has 0 aliphatic carbocycles. The first-order valence-electron chi connectivity index (χ1n) is 5.95. The highest BCUT2D eigenvalue weighted by Gasteiger charge is 2.24. The minimum atomic E-state index is -3.68. The maximum absolute atomic E-state index is 12.3. The summed E-state index contributed by atoms with van der Waals surface area (Å²) in [4.78, 5) is -0.0354. The monoisotopic (exact) mass is 299 g/mol. The molecule has 1 aliphatic heterocycles. The number of hydrogen-bond acceptors (Lipinski definition) is 4. The second-order valence-electron chi connectivity index (χ2n) is 4.40. The highest BCUT2D eigenvalue weighted by atomic mass is 35.5. The molecule has 5 nitrogen and oxygen atoms in total. The van der Waals surface area contributed by atoms with Crippen LogP contribution in [-0.4, -0.2) is 27.5 Å². The minimum absolute atomic E-state index is 0.0354. The van der Waals surface area contributed by atoms with E-state index in [0.717, 1.165) is 25.9 Å². The van der Waals surface area contributed by atoms with Gasteiger partial charge in [0.05, 0.1) is 16.7 Å². The fourth-order valence-corrected chi connectivity index (χ4v) is 3.83. The molecular weight excluding hydrogens is 286 g/mol. The first-order valence-corrected chi connectivity index (χ1v) is 7.82. The molecule has 0 radical (unpaired) electrons. The summed E-state index contributed by atoms with van der Waals surface area (Å²) in [7, 11) is -3.68. The van der Waals surface area contributed by atoms with E-state index >= 15 is 0 Å². The molecule has 102 valence electrons. The standard InChI is InChI=1S/C12H14ClN3O2S/c13-11-2-1-9(8-14)7-12(11)19(17,18)16-10-3-5-15-6-4-10/h1-2,7,10,15-16H,3-6H2. The van der Waals surface area contributed by atoms with Gasteiger partial charge in [0.2, 0.25) is 10.0 Å². The smallest absolute Gasteiger partial charge is 0.242 e. The third kappa shape index (κ3) is 3.45. The van der Waals surface area contributed by atoms with Gasteiger partial charge in [0.25, 0.3) is 0 Å². The Morgan fingerprint density at radius 3 is 2.68 bits per heavy atom. The molecule has 0 unspecified atom stereocenters.